The lowest BCUT2D eigenvalue weighted by Crippen LogP contribution is -2.69. The number of nitrogens with two attached hydrogens (primary N) is 1. The summed E-state index contributed by atoms with van der Waals surface area (Å²) in [6.45, 7) is 3.99. The van der Waals surface area contributed by atoms with E-state index in [1.807, 2.05) is 25.1 Å². The second kappa shape index (κ2) is 10.6. The molecule has 1 saturated heterocycles. The Morgan fingerprint density at radius 3 is 2.52 bits per heavy atom. The number of amides is 1. The van der Waals surface area contributed by atoms with E-state index in [0.717, 1.165) is 32.1 Å². The van der Waals surface area contributed by atoms with Crippen LogP contribution in [0.5, 0.6) is 0 Å². The summed E-state index contributed by atoms with van der Waals surface area (Å²) in [6, 6.07) is 9.07. The Kier molecular flexibility index (Phi) is 8.37. The van der Waals surface area contributed by atoms with Gasteiger partial charge in [-0.25, -0.2) is 8.42 Å². The number of sulfonamides is 1. The molecule has 1 saturated carbocycles. The molecular formula is C22H35ClN4O3S. The van der Waals surface area contributed by atoms with Crippen LogP contribution in [0.1, 0.15) is 55.8 Å². The topological polar surface area (TPSA) is 95.7 Å². The van der Waals surface area contributed by atoms with Crippen LogP contribution in [0.15, 0.2) is 30.3 Å². The molecule has 9 heteroatoms. The molecule has 3 unspecified atom stereocenters. The van der Waals surface area contributed by atoms with Crippen molar-refractivity contribution in [2.45, 2.75) is 62.5 Å². The molecular weight excluding hydrogens is 436 g/mol. The third kappa shape index (κ3) is 5.79. The quantitative estimate of drug-likeness (QED) is 0.362. The molecule has 3 rings (SSSR count). The molecule has 7 nitrogen and oxygen atoms in total. The minimum absolute atomic E-state index is 0.102. The van der Waals surface area contributed by atoms with Gasteiger partial charge < -0.3 is 11.1 Å². The minimum Gasteiger partial charge on any atom is -0.335 e. The maximum absolute atomic E-state index is 12.8. The Bertz CT molecular complexity index is 830. The summed E-state index contributed by atoms with van der Waals surface area (Å²) in [4.78, 5) is 15.1. The first kappa shape index (κ1) is 24.5. The maximum atomic E-state index is 12.8. The minimum atomic E-state index is -3.21. The van der Waals surface area contributed by atoms with Gasteiger partial charge >= 0.3 is 0 Å². The van der Waals surface area contributed by atoms with E-state index in [1.54, 1.807) is 16.4 Å². The van der Waals surface area contributed by atoms with Gasteiger partial charge in [0.15, 0.2) is 0 Å². The third-order valence-corrected chi connectivity index (χ3v) is 9.16. The number of piperazine rings is 1. The molecule has 3 atom stereocenters. The summed E-state index contributed by atoms with van der Waals surface area (Å²) in [7, 11) is -3.21. The van der Waals surface area contributed by atoms with Crippen molar-refractivity contribution in [3.63, 3.8) is 0 Å². The Morgan fingerprint density at radius 1 is 1.19 bits per heavy atom. The Hall–Kier alpha value is -1.19. The molecule has 1 aromatic rings. The van der Waals surface area contributed by atoms with Gasteiger partial charge in [-0.3, -0.25) is 9.69 Å². The van der Waals surface area contributed by atoms with Gasteiger partial charge in [0.1, 0.15) is 0 Å². The van der Waals surface area contributed by atoms with E-state index < -0.39 is 21.7 Å². The van der Waals surface area contributed by atoms with Crippen molar-refractivity contribution in [1.82, 2.24) is 14.5 Å². The average Bonchev–Trinajstić information content (AvgIpc) is 2.97. The molecule has 1 aliphatic heterocycles. The largest absolute Gasteiger partial charge is 0.335 e. The second-order valence-corrected chi connectivity index (χ2v) is 11.4. The van der Waals surface area contributed by atoms with Gasteiger partial charge in [0.25, 0.3) is 5.91 Å². The molecule has 0 bridgehead atoms. The van der Waals surface area contributed by atoms with Crippen LogP contribution in [0.2, 0.25) is 0 Å². The standard InChI is InChI=1S/C22H35ClN4O3S/c1-2-17-31(29,30)27-15-13-26(14-16-27)22(11-6-9-19(23)10-12-22)21(24)25-20(28)18-7-4-3-5-8-18/h3-5,7-8,19,21H,2,6,9-17,24H2,1H3,(H,25,28). The van der Waals surface area contributed by atoms with E-state index in [2.05, 4.69) is 10.2 Å². The summed E-state index contributed by atoms with van der Waals surface area (Å²) in [5.41, 5.74) is 6.83. The lowest BCUT2D eigenvalue weighted by atomic mass is 9.84. The van der Waals surface area contributed by atoms with E-state index in [0.29, 0.717) is 38.2 Å². The highest BCUT2D eigenvalue weighted by Crippen LogP contribution is 2.37. The fourth-order valence-electron chi connectivity index (χ4n) is 4.88. The number of carbonyl (C=O) groups is 1. The highest BCUT2D eigenvalue weighted by molar-refractivity contribution is 7.89. The number of hydrogen-bond acceptors (Lipinski definition) is 5. The van der Waals surface area contributed by atoms with Crippen LogP contribution in [-0.2, 0) is 10.0 Å². The van der Waals surface area contributed by atoms with Crippen LogP contribution in [0.3, 0.4) is 0 Å². The monoisotopic (exact) mass is 470 g/mol. The van der Waals surface area contributed by atoms with Crippen molar-refractivity contribution in [2.75, 3.05) is 31.9 Å². The smallest absolute Gasteiger partial charge is 0.252 e. The lowest BCUT2D eigenvalue weighted by Gasteiger charge is -2.50. The molecule has 0 spiro atoms. The van der Waals surface area contributed by atoms with Gasteiger partial charge in [0.2, 0.25) is 10.0 Å². The first-order valence-electron chi connectivity index (χ1n) is 11.3. The number of nitrogens with one attached hydrogen (secondary N) is 1. The summed E-state index contributed by atoms with van der Waals surface area (Å²) in [6.07, 6.45) is 4.32. The predicted octanol–water partition coefficient (Wildman–Crippen LogP) is 2.37. The van der Waals surface area contributed by atoms with Gasteiger partial charge in [-0.2, -0.15) is 4.31 Å². The highest BCUT2D eigenvalue weighted by atomic mass is 35.5. The van der Waals surface area contributed by atoms with Gasteiger partial charge in [-0.15, -0.1) is 11.6 Å². The fourth-order valence-corrected chi connectivity index (χ4v) is 6.63. The third-order valence-electron chi connectivity index (χ3n) is 6.64. The Morgan fingerprint density at radius 2 is 1.87 bits per heavy atom. The van der Waals surface area contributed by atoms with Crippen LogP contribution >= 0.6 is 11.6 Å². The molecule has 2 aliphatic rings. The van der Waals surface area contributed by atoms with Crippen LogP contribution < -0.4 is 11.1 Å². The molecule has 1 aliphatic carbocycles. The first-order valence-corrected chi connectivity index (χ1v) is 13.3. The summed E-state index contributed by atoms with van der Waals surface area (Å²) in [5, 5.41) is 3.13. The number of hydrogen-bond donors (Lipinski definition) is 2. The zero-order valence-electron chi connectivity index (χ0n) is 18.3. The summed E-state index contributed by atoms with van der Waals surface area (Å²) < 4.78 is 26.6. The number of rotatable bonds is 7. The molecule has 0 aromatic heterocycles. The van der Waals surface area contributed by atoms with E-state index in [9.17, 15) is 13.2 Å². The van der Waals surface area contributed by atoms with E-state index in [-0.39, 0.29) is 17.0 Å². The Labute approximate surface area is 191 Å². The summed E-state index contributed by atoms with van der Waals surface area (Å²) in [5.74, 6) is -0.0121. The van der Waals surface area contributed by atoms with Crippen molar-refractivity contribution in [1.29, 1.82) is 0 Å². The maximum Gasteiger partial charge on any atom is 0.252 e. The normalized spacial score (nSPS) is 27.4. The van der Waals surface area contributed by atoms with E-state index in [4.69, 9.17) is 17.3 Å². The number of alkyl halides is 1. The van der Waals surface area contributed by atoms with Crippen LogP contribution in [0.25, 0.3) is 0 Å². The number of benzene rings is 1. The number of halogens is 1. The van der Waals surface area contributed by atoms with Gasteiger partial charge in [0.05, 0.1) is 17.5 Å². The molecule has 1 heterocycles. The first-order chi connectivity index (χ1) is 14.8. The van der Waals surface area contributed by atoms with Crippen LogP contribution in [0, 0.1) is 0 Å². The zero-order chi connectivity index (χ0) is 22.5. The number of nitrogens with zero attached hydrogens (tertiary/aromatic N) is 2. The Balaban J connectivity index is 1.77. The second-order valence-electron chi connectivity index (χ2n) is 8.65. The highest BCUT2D eigenvalue weighted by Gasteiger charge is 2.45. The molecule has 1 aromatic carbocycles. The van der Waals surface area contributed by atoms with Crippen molar-refractivity contribution in [2.24, 2.45) is 5.73 Å². The molecule has 31 heavy (non-hydrogen) atoms. The molecule has 3 N–H and O–H groups in total. The molecule has 174 valence electrons. The fraction of sp³-hybridized carbons (Fsp3) is 0.682. The zero-order valence-corrected chi connectivity index (χ0v) is 19.9. The molecule has 0 radical (unpaired) electrons. The molecule has 1 amide bonds. The van der Waals surface area contributed by atoms with E-state index in [1.165, 1.54) is 0 Å². The predicted molar refractivity (Wildman–Crippen MR) is 125 cm³/mol. The van der Waals surface area contributed by atoms with Gasteiger partial charge in [0, 0.05) is 37.1 Å². The van der Waals surface area contributed by atoms with Crippen LogP contribution in [0.4, 0.5) is 0 Å². The van der Waals surface area contributed by atoms with Gasteiger partial charge in [-0.1, -0.05) is 31.5 Å². The average molecular weight is 471 g/mol. The lowest BCUT2D eigenvalue weighted by molar-refractivity contribution is 0.0125. The van der Waals surface area contributed by atoms with Crippen molar-refractivity contribution < 1.29 is 13.2 Å². The molecule has 2 fully saturated rings. The van der Waals surface area contributed by atoms with E-state index >= 15 is 0 Å². The van der Waals surface area contributed by atoms with Crippen molar-refractivity contribution >= 4 is 27.5 Å². The van der Waals surface area contributed by atoms with Crippen LogP contribution in [-0.4, -0.2) is 72.5 Å². The SMILES string of the molecule is CCCS(=O)(=O)N1CCN(C2(C(N)NC(=O)c3ccccc3)CCCC(Cl)CC2)CC1. The van der Waals surface area contributed by atoms with Crippen molar-refractivity contribution in [3.05, 3.63) is 35.9 Å². The van der Waals surface area contributed by atoms with Crippen molar-refractivity contribution in [3.8, 4) is 0 Å². The van der Waals surface area contributed by atoms with Gasteiger partial charge in [-0.05, 0) is 44.2 Å². The number of carbonyl (C=O) groups excluding carboxylic acids is 1. The summed E-state index contributed by atoms with van der Waals surface area (Å²) >= 11 is 6.48.